The summed E-state index contributed by atoms with van der Waals surface area (Å²) in [4.78, 5) is 0. The van der Waals surface area contributed by atoms with Crippen molar-refractivity contribution in [2.45, 2.75) is 36.5 Å². The van der Waals surface area contributed by atoms with E-state index in [4.69, 9.17) is 0 Å². The molecule has 1 nitrogen and oxygen atoms in total. The van der Waals surface area contributed by atoms with Crippen molar-refractivity contribution in [2.24, 2.45) is 0 Å². The second-order valence-corrected chi connectivity index (χ2v) is 5.87. The van der Waals surface area contributed by atoms with Crippen molar-refractivity contribution in [3.8, 4) is 0 Å². The molecule has 1 rings (SSSR count). The monoisotopic (exact) mass is 466 g/mol. The van der Waals surface area contributed by atoms with E-state index in [1.165, 1.54) is 12.1 Å². The highest BCUT2D eigenvalue weighted by Crippen LogP contribution is 2.55. The van der Waals surface area contributed by atoms with Gasteiger partial charge in [0.1, 0.15) is 0 Å². The van der Waals surface area contributed by atoms with Crippen molar-refractivity contribution in [2.75, 3.05) is 0 Å². The number of aliphatic hydroxyl groups is 1. The van der Waals surface area contributed by atoms with Crippen LogP contribution in [-0.4, -0.2) is 29.1 Å². The quantitative estimate of drug-likeness (QED) is 0.469. The molecule has 1 N–H and O–H groups in total. The lowest BCUT2D eigenvalue weighted by Crippen LogP contribution is -2.61. The molecule has 0 saturated carbocycles. The molecule has 0 saturated heterocycles. The minimum absolute atomic E-state index is 0.317. The van der Waals surface area contributed by atoms with Crippen LogP contribution in [0.3, 0.4) is 0 Å². The molecule has 1 atom stereocenters. The molecule has 0 aliphatic heterocycles. The molecule has 11 heteroatoms. The van der Waals surface area contributed by atoms with E-state index in [2.05, 4.69) is 0 Å². The zero-order chi connectivity index (χ0) is 18.3. The van der Waals surface area contributed by atoms with Crippen LogP contribution in [-0.2, 0) is 0 Å². The number of rotatable bonds is 5. The lowest BCUT2D eigenvalue weighted by molar-refractivity contribution is -0.398. The van der Waals surface area contributed by atoms with Crippen molar-refractivity contribution in [1.82, 2.24) is 0 Å². The van der Waals surface area contributed by atoms with Gasteiger partial charge in [-0.3, -0.25) is 0 Å². The van der Waals surface area contributed by atoms with Crippen LogP contribution in [0.4, 0.5) is 39.5 Å². The van der Waals surface area contributed by atoms with Crippen molar-refractivity contribution in [1.29, 1.82) is 0 Å². The molecular formula is C12H8F9IO. The van der Waals surface area contributed by atoms with E-state index in [0.717, 1.165) is 12.1 Å². The van der Waals surface area contributed by atoms with Gasteiger partial charge in [-0.2, -0.15) is 39.5 Å². The van der Waals surface area contributed by atoms with Gasteiger partial charge in [-0.1, -0.05) is 12.1 Å². The van der Waals surface area contributed by atoms with Gasteiger partial charge in [0.15, 0.2) is 0 Å². The van der Waals surface area contributed by atoms with E-state index in [0.29, 0.717) is 3.57 Å². The molecule has 23 heavy (non-hydrogen) atoms. The maximum absolute atomic E-state index is 13.4. The fourth-order valence-corrected chi connectivity index (χ4v) is 2.18. The van der Waals surface area contributed by atoms with Crippen LogP contribution in [0.25, 0.3) is 0 Å². The van der Waals surface area contributed by atoms with E-state index in [9.17, 15) is 44.6 Å². The average Bonchev–Trinajstić information content (AvgIpc) is 2.36. The normalized spacial score (nSPS) is 15.6. The van der Waals surface area contributed by atoms with Gasteiger partial charge < -0.3 is 5.11 Å². The molecule has 0 aliphatic rings. The number of benzene rings is 1. The highest BCUT2D eigenvalue weighted by molar-refractivity contribution is 14.1. The van der Waals surface area contributed by atoms with Crippen LogP contribution in [0.2, 0.25) is 0 Å². The Bertz CT molecular complexity index is 556. The first-order valence-corrected chi connectivity index (χ1v) is 6.85. The molecule has 0 aliphatic carbocycles. The molecular weight excluding hydrogens is 458 g/mol. The first-order valence-electron chi connectivity index (χ1n) is 5.77. The third-order valence-electron chi connectivity index (χ3n) is 2.89. The van der Waals surface area contributed by atoms with Crippen LogP contribution in [0.15, 0.2) is 24.3 Å². The number of hydrogen-bond acceptors (Lipinski definition) is 1. The van der Waals surface area contributed by atoms with Gasteiger partial charge in [-0.05, 0) is 40.3 Å². The summed E-state index contributed by atoms with van der Waals surface area (Å²) in [5, 5.41) is 9.47. The van der Waals surface area contributed by atoms with Crippen molar-refractivity contribution >= 4 is 22.6 Å². The second kappa shape index (κ2) is 6.30. The Balaban J connectivity index is 3.10. The zero-order valence-corrected chi connectivity index (χ0v) is 13.0. The highest BCUT2D eigenvalue weighted by Gasteiger charge is 2.81. The summed E-state index contributed by atoms with van der Waals surface area (Å²) in [7, 11) is 0. The Morgan fingerprint density at radius 2 is 1.43 bits per heavy atom. The van der Waals surface area contributed by atoms with E-state index in [1.54, 1.807) is 22.6 Å². The minimum atomic E-state index is -6.95. The van der Waals surface area contributed by atoms with E-state index < -0.39 is 36.5 Å². The maximum Gasteiger partial charge on any atom is 0.460 e. The van der Waals surface area contributed by atoms with Crippen LogP contribution >= 0.6 is 22.6 Å². The summed E-state index contributed by atoms with van der Waals surface area (Å²) >= 11 is 1.70. The third kappa shape index (κ3) is 3.86. The van der Waals surface area contributed by atoms with Gasteiger partial charge in [0.05, 0.1) is 6.10 Å². The summed E-state index contributed by atoms with van der Waals surface area (Å²) in [6.45, 7) is 0. The fraction of sp³-hybridized carbons (Fsp3) is 0.500. The second-order valence-electron chi connectivity index (χ2n) is 4.63. The number of hydrogen-bond donors (Lipinski definition) is 1. The predicted octanol–water partition coefficient (Wildman–Crippen LogP) is 5.18. The molecule has 0 radical (unpaired) electrons. The van der Waals surface area contributed by atoms with Gasteiger partial charge in [0, 0.05) is 9.99 Å². The lowest BCUT2D eigenvalue weighted by Gasteiger charge is -2.34. The lowest BCUT2D eigenvalue weighted by atomic mass is 9.95. The minimum Gasteiger partial charge on any atom is -0.388 e. The maximum atomic E-state index is 13.4. The topological polar surface area (TPSA) is 20.2 Å². The smallest absolute Gasteiger partial charge is 0.388 e. The number of alkyl halides is 9. The SMILES string of the molecule is OC(CC(F)(F)C(F)(F)C(F)(F)C(F)(F)F)c1cccc(I)c1. The molecule has 0 spiro atoms. The molecule has 0 bridgehead atoms. The molecule has 0 amide bonds. The Labute approximate surface area is 137 Å². The van der Waals surface area contributed by atoms with Crippen LogP contribution in [0, 0.1) is 3.57 Å². The number of aliphatic hydroxyl groups excluding tert-OH is 1. The summed E-state index contributed by atoms with van der Waals surface area (Å²) < 4.78 is 115. The van der Waals surface area contributed by atoms with E-state index in [1.807, 2.05) is 0 Å². The Kier molecular flexibility index (Phi) is 5.56. The van der Waals surface area contributed by atoms with Gasteiger partial charge in [-0.25, -0.2) is 0 Å². The van der Waals surface area contributed by atoms with Gasteiger partial charge in [0.25, 0.3) is 0 Å². The summed E-state index contributed by atoms with van der Waals surface area (Å²) in [5.41, 5.74) is -0.317. The highest BCUT2D eigenvalue weighted by atomic mass is 127. The van der Waals surface area contributed by atoms with Crippen LogP contribution in [0.5, 0.6) is 0 Å². The zero-order valence-electron chi connectivity index (χ0n) is 10.8. The summed E-state index contributed by atoms with van der Waals surface area (Å²) in [5.74, 6) is -19.5. The number of halogens is 10. The van der Waals surface area contributed by atoms with Crippen molar-refractivity contribution < 1.29 is 44.6 Å². The predicted molar refractivity (Wildman–Crippen MR) is 69.6 cm³/mol. The fourth-order valence-electron chi connectivity index (χ4n) is 1.61. The molecule has 1 aromatic rings. The average molecular weight is 466 g/mol. The van der Waals surface area contributed by atoms with Crippen molar-refractivity contribution in [3.63, 3.8) is 0 Å². The first-order chi connectivity index (χ1) is 10.1. The molecule has 0 fully saturated rings. The Morgan fingerprint density at radius 3 is 1.87 bits per heavy atom. The summed E-state index contributed by atoms with van der Waals surface area (Å²) in [6, 6.07) is 4.87. The Hall–Kier alpha value is -0.720. The third-order valence-corrected chi connectivity index (χ3v) is 3.56. The molecule has 0 aromatic heterocycles. The molecule has 1 aromatic carbocycles. The Morgan fingerprint density at radius 1 is 0.913 bits per heavy atom. The van der Waals surface area contributed by atoms with E-state index >= 15 is 0 Å². The standard InChI is InChI=1S/C12H8F9IO/c13-9(14,10(15,16)11(17,18)12(19,20)21)5-8(23)6-2-1-3-7(22)4-6/h1-4,8,23H,5H2. The van der Waals surface area contributed by atoms with E-state index in [-0.39, 0.29) is 5.56 Å². The van der Waals surface area contributed by atoms with Crippen molar-refractivity contribution in [3.05, 3.63) is 33.4 Å². The molecule has 132 valence electrons. The van der Waals surface area contributed by atoms with Gasteiger partial charge in [-0.15, -0.1) is 0 Å². The van der Waals surface area contributed by atoms with Crippen LogP contribution < -0.4 is 0 Å². The van der Waals surface area contributed by atoms with Crippen LogP contribution in [0.1, 0.15) is 18.1 Å². The molecule has 1 unspecified atom stereocenters. The van der Waals surface area contributed by atoms with Gasteiger partial charge >= 0.3 is 23.9 Å². The summed E-state index contributed by atoms with van der Waals surface area (Å²) in [6.07, 6.45) is -11.5. The first kappa shape index (κ1) is 20.3. The molecule has 0 heterocycles. The largest absolute Gasteiger partial charge is 0.460 e. The van der Waals surface area contributed by atoms with Gasteiger partial charge in [0.2, 0.25) is 0 Å².